The second-order valence-corrected chi connectivity index (χ2v) is 7.17. The van der Waals surface area contributed by atoms with Gasteiger partial charge in [-0.15, -0.1) is 0 Å². The van der Waals surface area contributed by atoms with Gasteiger partial charge in [-0.05, 0) is 62.4 Å². The van der Waals surface area contributed by atoms with Crippen LogP contribution in [0.3, 0.4) is 0 Å². The van der Waals surface area contributed by atoms with E-state index in [0.29, 0.717) is 0 Å². The summed E-state index contributed by atoms with van der Waals surface area (Å²) in [5.74, 6) is 0. The summed E-state index contributed by atoms with van der Waals surface area (Å²) in [6.45, 7) is 6.22. The standard InChI is InChI=1S/C16H23Br2NO/c1-3-7-19-16(15-6-4-5-8-20-15)12-10-13(17)11(2)9-14(12)18/h9-10,15-16,19H,3-8H2,1-2H3. The lowest BCUT2D eigenvalue weighted by molar-refractivity contribution is -0.00831. The quantitative estimate of drug-likeness (QED) is 0.734. The Balaban J connectivity index is 2.27. The molecule has 1 aromatic carbocycles. The van der Waals surface area contributed by atoms with Crippen molar-refractivity contribution in [3.05, 3.63) is 32.2 Å². The number of aryl methyl sites for hydroxylation is 1. The van der Waals surface area contributed by atoms with Gasteiger partial charge in [0.2, 0.25) is 0 Å². The third-order valence-corrected chi connectivity index (χ3v) is 5.36. The minimum absolute atomic E-state index is 0.265. The van der Waals surface area contributed by atoms with Gasteiger partial charge < -0.3 is 10.1 Å². The van der Waals surface area contributed by atoms with Gasteiger partial charge >= 0.3 is 0 Å². The molecule has 1 fully saturated rings. The molecule has 2 atom stereocenters. The van der Waals surface area contributed by atoms with Crippen LogP contribution in [0.25, 0.3) is 0 Å². The number of benzene rings is 1. The van der Waals surface area contributed by atoms with E-state index in [2.05, 4.69) is 63.2 Å². The van der Waals surface area contributed by atoms with Crippen LogP contribution in [-0.2, 0) is 4.74 Å². The van der Waals surface area contributed by atoms with Crippen molar-refractivity contribution in [3.8, 4) is 0 Å². The first-order valence-electron chi connectivity index (χ1n) is 7.44. The lowest BCUT2D eigenvalue weighted by Gasteiger charge is -2.32. The van der Waals surface area contributed by atoms with E-state index >= 15 is 0 Å². The monoisotopic (exact) mass is 403 g/mol. The lowest BCUT2D eigenvalue weighted by atomic mass is 9.95. The average molecular weight is 405 g/mol. The van der Waals surface area contributed by atoms with Gasteiger partial charge in [0.05, 0.1) is 12.1 Å². The summed E-state index contributed by atoms with van der Waals surface area (Å²) < 4.78 is 8.35. The van der Waals surface area contributed by atoms with Gasteiger partial charge in [0, 0.05) is 15.6 Å². The van der Waals surface area contributed by atoms with Crippen LogP contribution in [0.1, 0.15) is 49.8 Å². The SMILES string of the molecule is CCCNC(c1cc(Br)c(C)cc1Br)C1CCCCO1. The average Bonchev–Trinajstić information content (AvgIpc) is 2.45. The highest BCUT2D eigenvalue weighted by Crippen LogP contribution is 2.34. The van der Waals surface area contributed by atoms with E-state index in [1.807, 2.05) is 0 Å². The predicted octanol–water partition coefficient (Wildman–Crippen LogP) is 5.13. The largest absolute Gasteiger partial charge is 0.376 e. The van der Waals surface area contributed by atoms with Crippen LogP contribution in [0, 0.1) is 6.92 Å². The van der Waals surface area contributed by atoms with Gasteiger partial charge in [0.25, 0.3) is 0 Å². The van der Waals surface area contributed by atoms with E-state index in [9.17, 15) is 0 Å². The smallest absolute Gasteiger partial charge is 0.0770 e. The van der Waals surface area contributed by atoms with E-state index < -0.39 is 0 Å². The zero-order chi connectivity index (χ0) is 14.5. The van der Waals surface area contributed by atoms with E-state index in [4.69, 9.17) is 4.74 Å². The third-order valence-electron chi connectivity index (χ3n) is 3.81. The second-order valence-electron chi connectivity index (χ2n) is 5.46. The van der Waals surface area contributed by atoms with Gasteiger partial charge in [0.15, 0.2) is 0 Å². The number of nitrogens with one attached hydrogen (secondary N) is 1. The first-order valence-corrected chi connectivity index (χ1v) is 9.02. The molecule has 0 spiro atoms. The van der Waals surface area contributed by atoms with Crippen LogP contribution < -0.4 is 5.32 Å². The lowest BCUT2D eigenvalue weighted by Crippen LogP contribution is -2.36. The molecule has 2 unspecified atom stereocenters. The maximum Gasteiger partial charge on any atom is 0.0770 e. The van der Waals surface area contributed by atoms with Crippen LogP contribution in [-0.4, -0.2) is 19.3 Å². The molecule has 2 nitrogen and oxygen atoms in total. The normalized spacial score (nSPS) is 20.9. The molecule has 4 heteroatoms. The van der Waals surface area contributed by atoms with Gasteiger partial charge in [-0.1, -0.05) is 38.8 Å². The molecule has 1 N–H and O–H groups in total. The van der Waals surface area contributed by atoms with E-state index in [1.165, 1.54) is 28.4 Å². The highest BCUT2D eigenvalue weighted by atomic mass is 79.9. The zero-order valence-corrected chi connectivity index (χ0v) is 15.4. The van der Waals surface area contributed by atoms with E-state index in [-0.39, 0.29) is 12.1 Å². The van der Waals surface area contributed by atoms with Crippen molar-refractivity contribution in [2.75, 3.05) is 13.2 Å². The molecule has 1 heterocycles. The molecule has 2 rings (SSSR count). The Bertz CT molecular complexity index is 444. The number of hydrogen-bond acceptors (Lipinski definition) is 2. The molecule has 1 aliphatic rings. The summed E-state index contributed by atoms with van der Waals surface area (Å²) >= 11 is 7.38. The Morgan fingerprint density at radius 1 is 1.30 bits per heavy atom. The Kier molecular flexibility index (Phi) is 6.53. The molecule has 0 radical (unpaired) electrons. The first kappa shape index (κ1) is 16.5. The van der Waals surface area contributed by atoms with Crippen LogP contribution >= 0.6 is 31.9 Å². The van der Waals surface area contributed by atoms with Crippen molar-refractivity contribution in [1.29, 1.82) is 0 Å². The van der Waals surface area contributed by atoms with Crippen molar-refractivity contribution in [3.63, 3.8) is 0 Å². The van der Waals surface area contributed by atoms with Crippen LogP contribution in [0.5, 0.6) is 0 Å². The Hall–Kier alpha value is 0.1000. The van der Waals surface area contributed by atoms with Crippen molar-refractivity contribution in [2.45, 2.75) is 51.7 Å². The van der Waals surface area contributed by atoms with Crippen molar-refractivity contribution >= 4 is 31.9 Å². The minimum Gasteiger partial charge on any atom is -0.376 e. The highest BCUT2D eigenvalue weighted by molar-refractivity contribution is 9.11. The second kappa shape index (κ2) is 7.92. The molecule has 0 bridgehead atoms. The summed E-state index contributed by atoms with van der Waals surface area (Å²) in [4.78, 5) is 0. The van der Waals surface area contributed by atoms with Crippen LogP contribution in [0.4, 0.5) is 0 Å². The first-order chi connectivity index (χ1) is 9.63. The summed E-state index contributed by atoms with van der Waals surface area (Å²) in [6.07, 6.45) is 5.00. The zero-order valence-electron chi connectivity index (χ0n) is 12.2. The van der Waals surface area contributed by atoms with Gasteiger partial charge in [-0.3, -0.25) is 0 Å². The summed E-state index contributed by atoms with van der Waals surface area (Å²) in [5.41, 5.74) is 2.54. The Labute approximate surface area is 138 Å². The maximum absolute atomic E-state index is 6.02. The summed E-state index contributed by atoms with van der Waals surface area (Å²) in [5, 5.41) is 3.67. The highest BCUT2D eigenvalue weighted by Gasteiger charge is 2.27. The topological polar surface area (TPSA) is 21.3 Å². The number of hydrogen-bond donors (Lipinski definition) is 1. The number of halogens is 2. The molecule has 0 aliphatic carbocycles. The fourth-order valence-electron chi connectivity index (χ4n) is 2.67. The van der Waals surface area contributed by atoms with Gasteiger partial charge in [-0.25, -0.2) is 0 Å². The molecule has 0 saturated carbocycles. The number of ether oxygens (including phenoxy) is 1. The summed E-state index contributed by atoms with van der Waals surface area (Å²) in [7, 11) is 0. The molecule has 1 saturated heterocycles. The third kappa shape index (κ3) is 4.06. The molecular weight excluding hydrogens is 382 g/mol. The summed E-state index contributed by atoms with van der Waals surface area (Å²) in [6, 6.07) is 4.68. The van der Waals surface area contributed by atoms with Crippen molar-refractivity contribution in [1.82, 2.24) is 5.32 Å². The van der Waals surface area contributed by atoms with Gasteiger partial charge in [0.1, 0.15) is 0 Å². The molecule has 20 heavy (non-hydrogen) atoms. The molecular formula is C16H23Br2NO. The fraction of sp³-hybridized carbons (Fsp3) is 0.625. The van der Waals surface area contributed by atoms with Crippen molar-refractivity contribution < 1.29 is 4.74 Å². The maximum atomic E-state index is 6.02. The van der Waals surface area contributed by atoms with Gasteiger partial charge in [-0.2, -0.15) is 0 Å². The van der Waals surface area contributed by atoms with E-state index in [1.54, 1.807) is 0 Å². The van der Waals surface area contributed by atoms with Crippen LogP contribution in [0.2, 0.25) is 0 Å². The minimum atomic E-state index is 0.265. The fourth-order valence-corrected chi connectivity index (χ4v) is 3.74. The molecule has 0 aromatic heterocycles. The molecule has 0 amide bonds. The molecule has 1 aliphatic heterocycles. The Morgan fingerprint density at radius 3 is 2.75 bits per heavy atom. The molecule has 1 aromatic rings. The molecule has 112 valence electrons. The van der Waals surface area contributed by atoms with E-state index in [0.717, 1.165) is 30.5 Å². The number of rotatable bonds is 5. The van der Waals surface area contributed by atoms with Crippen LogP contribution in [0.15, 0.2) is 21.1 Å². The van der Waals surface area contributed by atoms with Crippen molar-refractivity contribution in [2.24, 2.45) is 0 Å². The Morgan fingerprint density at radius 2 is 2.10 bits per heavy atom. The predicted molar refractivity (Wildman–Crippen MR) is 91.2 cm³/mol.